The highest BCUT2D eigenvalue weighted by atomic mass is 35.5. The fourth-order valence-electron chi connectivity index (χ4n) is 2.43. The molecule has 27 heavy (non-hydrogen) atoms. The minimum Gasteiger partial charge on any atom is -0.456 e. The van der Waals surface area contributed by atoms with Crippen LogP contribution >= 0.6 is 11.6 Å². The summed E-state index contributed by atoms with van der Waals surface area (Å²) >= 11 is 5.95. The maximum atomic E-state index is 12.7. The monoisotopic (exact) mass is 395 g/mol. The van der Waals surface area contributed by atoms with Gasteiger partial charge in [0.25, 0.3) is 0 Å². The second kappa shape index (κ2) is 7.40. The Morgan fingerprint density at radius 1 is 1.19 bits per heavy atom. The third-order valence-electron chi connectivity index (χ3n) is 3.76. The molecule has 0 N–H and O–H groups in total. The summed E-state index contributed by atoms with van der Waals surface area (Å²) in [7, 11) is 0. The molecule has 0 unspecified atom stereocenters. The van der Waals surface area contributed by atoms with Crippen molar-refractivity contribution in [2.75, 3.05) is 0 Å². The lowest BCUT2D eigenvalue weighted by molar-refractivity contribution is -0.137. The molecule has 0 aliphatic rings. The third-order valence-corrected chi connectivity index (χ3v) is 4.00. The number of alkyl halides is 3. The van der Waals surface area contributed by atoms with E-state index < -0.39 is 17.7 Å². The van der Waals surface area contributed by atoms with Crippen molar-refractivity contribution in [2.45, 2.75) is 19.7 Å². The molecule has 1 heterocycles. The van der Waals surface area contributed by atoms with Crippen LogP contribution < -0.4 is 0 Å². The zero-order valence-electron chi connectivity index (χ0n) is 14.0. The standard InChI is InChI=1S/C18H13ClF3N3O2/c1-11-16(23-24-25(11)15-7-3-6-14(19)9-15)17(26)27-10-12-4-2-5-13(8-12)18(20,21)22/h2-9H,10H2,1H3. The molecule has 0 atom stereocenters. The SMILES string of the molecule is Cc1c(C(=O)OCc2cccc(C(F)(F)F)c2)nnn1-c1cccc(Cl)c1. The average Bonchev–Trinajstić information content (AvgIpc) is 3.01. The Morgan fingerprint density at radius 3 is 2.63 bits per heavy atom. The van der Waals surface area contributed by atoms with E-state index in [0.29, 0.717) is 16.4 Å². The van der Waals surface area contributed by atoms with Gasteiger partial charge in [-0.15, -0.1) is 5.10 Å². The van der Waals surface area contributed by atoms with Crippen molar-refractivity contribution in [3.05, 3.63) is 76.1 Å². The minimum atomic E-state index is -4.46. The smallest absolute Gasteiger partial charge is 0.416 e. The molecule has 9 heteroatoms. The van der Waals surface area contributed by atoms with Gasteiger partial charge >= 0.3 is 12.1 Å². The van der Waals surface area contributed by atoms with Crippen molar-refractivity contribution in [2.24, 2.45) is 0 Å². The number of aromatic nitrogens is 3. The number of benzene rings is 2. The molecule has 0 fully saturated rings. The molecule has 0 amide bonds. The van der Waals surface area contributed by atoms with Gasteiger partial charge in [-0.05, 0) is 42.8 Å². The van der Waals surface area contributed by atoms with Crippen molar-refractivity contribution in [1.29, 1.82) is 0 Å². The number of rotatable bonds is 4. The van der Waals surface area contributed by atoms with Gasteiger partial charge < -0.3 is 4.74 Å². The molecular weight excluding hydrogens is 383 g/mol. The fraction of sp³-hybridized carbons (Fsp3) is 0.167. The van der Waals surface area contributed by atoms with E-state index in [9.17, 15) is 18.0 Å². The number of nitrogens with zero attached hydrogens (tertiary/aromatic N) is 3. The van der Waals surface area contributed by atoms with Gasteiger partial charge in [0.15, 0.2) is 5.69 Å². The first-order valence-corrected chi connectivity index (χ1v) is 8.15. The van der Waals surface area contributed by atoms with Crippen molar-refractivity contribution in [3.8, 4) is 5.69 Å². The van der Waals surface area contributed by atoms with E-state index >= 15 is 0 Å². The molecule has 5 nitrogen and oxygen atoms in total. The van der Waals surface area contributed by atoms with E-state index in [0.717, 1.165) is 12.1 Å². The Balaban J connectivity index is 1.74. The lowest BCUT2D eigenvalue weighted by Crippen LogP contribution is -2.09. The second-order valence-corrected chi connectivity index (χ2v) is 6.13. The number of hydrogen-bond donors (Lipinski definition) is 0. The molecule has 140 valence electrons. The summed E-state index contributed by atoms with van der Waals surface area (Å²) in [6, 6.07) is 11.4. The van der Waals surface area contributed by atoms with Gasteiger partial charge in [0.2, 0.25) is 0 Å². The maximum Gasteiger partial charge on any atom is 0.416 e. The molecule has 2 aromatic carbocycles. The van der Waals surface area contributed by atoms with E-state index in [1.807, 2.05) is 0 Å². The van der Waals surface area contributed by atoms with Crippen LogP contribution in [-0.4, -0.2) is 21.0 Å². The maximum absolute atomic E-state index is 12.7. The Bertz CT molecular complexity index is 986. The summed E-state index contributed by atoms with van der Waals surface area (Å²) < 4.78 is 44.7. The first kappa shape index (κ1) is 18.9. The number of ether oxygens (including phenoxy) is 1. The van der Waals surface area contributed by atoms with Crippen molar-refractivity contribution < 1.29 is 22.7 Å². The average molecular weight is 396 g/mol. The molecule has 3 rings (SSSR count). The molecule has 3 aromatic rings. The molecule has 0 spiro atoms. The number of carbonyl (C=O) groups is 1. The van der Waals surface area contributed by atoms with Crippen LogP contribution in [-0.2, 0) is 17.5 Å². The topological polar surface area (TPSA) is 57.0 Å². The summed E-state index contributed by atoms with van der Waals surface area (Å²) in [5.74, 6) is -0.779. The Morgan fingerprint density at radius 2 is 1.93 bits per heavy atom. The summed E-state index contributed by atoms with van der Waals surface area (Å²) in [6.07, 6.45) is -4.46. The van der Waals surface area contributed by atoms with E-state index in [1.165, 1.54) is 16.8 Å². The van der Waals surface area contributed by atoms with Gasteiger partial charge in [0, 0.05) is 5.02 Å². The molecule has 0 aliphatic carbocycles. The summed E-state index contributed by atoms with van der Waals surface area (Å²) in [6.45, 7) is 1.31. The van der Waals surface area contributed by atoms with Crippen LogP contribution in [0.2, 0.25) is 5.02 Å². The highest BCUT2D eigenvalue weighted by molar-refractivity contribution is 6.30. The zero-order chi connectivity index (χ0) is 19.6. The highest BCUT2D eigenvalue weighted by Crippen LogP contribution is 2.29. The molecule has 0 radical (unpaired) electrons. The number of esters is 1. The zero-order valence-corrected chi connectivity index (χ0v) is 14.8. The van der Waals surface area contributed by atoms with E-state index in [2.05, 4.69) is 10.3 Å². The fourth-order valence-corrected chi connectivity index (χ4v) is 2.61. The Kier molecular flexibility index (Phi) is 5.18. The molecule has 0 aliphatic heterocycles. The van der Waals surface area contributed by atoms with Gasteiger partial charge in [-0.25, -0.2) is 9.48 Å². The van der Waals surface area contributed by atoms with E-state index in [4.69, 9.17) is 16.3 Å². The van der Waals surface area contributed by atoms with Gasteiger partial charge in [-0.2, -0.15) is 13.2 Å². The number of carbonyl (C=O) groups excluding carboxylic acids is 1. The molecule has 0 saturated heterocycles. The molecule has 0 bridgehead atoms. The second-order valence-electron chi connectivity index (χ2n) is 5.69. The normalized spacial score (nSPS) is 11.4. The van der Waals surface area contributed by atoms with E-state index in [-0.39, 0.29) is 17.9 Å². The molecular formula is C18H13ClF3N3O2. The van der Waals surface area contributed by atoms with E-state index in [1.54, 1.807) is 31.2 Å². The summed E-state index contributed by atoms with van der Waals surface area (Å²) in [4.78, 5) is 12.2. The van der Waals surface area contributed by atoms with Crippen LogP contribution in [0, 0.1) is 6.92 Å². The van der Waals surface area contributed by atoms with Crippen LogP contribution in [0.3, 0.4) is 0 Å². The summed E-state index contributed by atoms with van der Waals surface area (Å²) in [5.41, 5.74) is 0.426. The summed E-state index contributed by atoms with van der Waals surface area (Å²) in [5, 5.41) is 8.21. The highest BCUT2D eigenvalue weighted by Gasteiger charge is 2.30. The third kappa shape index (κ3) is 4.28. The van der Waals surface area contributed by atoms with Gasteiger partial charge in [0.05, 0.1) is 16.9 Å². The predicted octanol–water partition coefficient (Wildman–Crippen LogP) is 4.60. The number of halogens is 4. The van der Waals surface area contributed by atoms with Crippen molar-refractivity contribution >= 4 is 17.6 Å². The van der Waals surface area contributed by atoms with Gasteiger partial charge in [-0.3, -0.25) is 0 Å². The first-order chi connectivity index (χ1) is 12.8. The minimum absolute atomic E-state index is 0.0260. The van der Waals surface area contributed by atoms with Crippen LogP contribution in [0.1, 0.15) is 27.3 Å². The quantitative estimate of drug-likeness (QED) is 0.605. The van der Waals surface area contributed by atoms with Crippen LogP contribution in [0.4, 0.5) is 13.2 Å². The molecule has 1 aromatic heterocycles. The number of hydrogen-bond acceptors (Lipinski definition) is 4. The molecule has 0 saturated carbocycles. The lowest BCUT2D eigenvalue weighted by Gasteiger charge is -2.09. The van der Waals surface area contributed by atoms with Crippen LogP contribution in [0.25, 0.3) is 5.69 Å². The van der Waals surface area contributed by atoms with Crippen LogP contribution in [0.15, 0.2) is 48.5 Å². The largest absolute Gasteiger partial charge is 0.456 e. The van der Waals surface area contributed by atoms with Crippen LogP contribution in [0.5, 0.6) is 0 Å². The predicted molar refractivity (Wildman–Crippen MR) is 91.7 cm³/mol. The lowest BCUT2D eigenvalue weighted by atomic mass is 10.1. The first-order valence-electron chi connectivity index (χ1n) is 7.77. The van der Waals surface area contributed by atoms with Gasteiger partial charge in [-0.1, -0.05) is 35.0 Å². The van der Waals surface area contributed by atoms with Crippen molar-refractivity contribution in [1.82, 2.24) is 15.0 Å². The Labute approximate surface area is 157 Å². The van der Waals surface area contributed by atoms with Gasteiger partial charge in [0.1, 0.15) is 6.61 Å². The Hall–Kier alpha value is -2.87. The van der Waals surface area contributed by atoms with Crippen molar-refractivity contribution in [3.63, 3.8) is 0 Å².